The minimum Gasteiger partial charge on any atom is -0.0656 e. The molecular weight excluding hydrogens is 232 g/mol. The lowest BCUT2D eigenvalue weighted by Crippen LogP contribution is -2.37. The molecule has 2 aromatic rings. The lowest BCUT2D eigenvalue weighted by atomic mass is 10.0. The van der Waals surface area contributed by atoms with Gasteiger partial charge >= 0.3 is 0 Å². The van der Waals surface area contributed by atoms with E-state index >= 15 is 0 Å². The second-order valence-corrected chi connectivity index (χ2v) is 11.0. The van der Waals surface area contributed by atoms with E-state index in [1.165, 1.54) is 11.1 Å². The Morgan fingerprint density at radius 1 is 0.667 bits per heavy atom. The average molecular weight is 254 g/mol. The molecule has 0 unspecified atom stereocenters. The first kappa shape index (κ1) is 13.1. The molecule has 0 saturated heterocycles. The molecule has 1 heteroatoms. The summed E-state index contributed by atoms with van der Waals surface area (Å²) in [5.41, 5.74) is 2.87. The molecule has 0 atom stereocenters. The van der Waals surface area contributed by atoms with Gasteiger partial charge in [-0.3, -0.25) is 0 Å². The van der Waals surface area contributed by atoms with Crippen LogP contribution in [0.4, 0.5) is 0 Å². The molecule has 0 N–H and O–H groups in total. The first-order valence-corrected chi connectivity index (χ1v) is 10.2. The van der Waals surface area contributed by atoms with Crippen LogP contribution >= 0.6 is 0 Å². The summed E-state index contributed by atoms with van der Waals surface area (Å²) in [6, 6.07) is 20.0. The van der Waals surface area contributed by atoms with E-state index in [1.54, 1.807) is 5.19 Å². The highest BCUT2D eigenvalue weighted by molar-refractivity contribution is 6.88. The Bertz CT molecular complexity index is 477. The third-order valence-electron chi connectivity index (χ3n) is 3.37. The van der Waals surface area contributed by atoms with E-state index in [-0.39, 0.29) is 0 Å². The summed E-state index contributed by atoms with van der Waals surface area (Å²) in [6.45, 7) is 7.18. The van der Waals surface area contributed by atoms with Gasteiger partial charge in [-0.2, -0.15) is 0 Å². The van der Waals surface area contributed by atoms with Crippen molar-refractivity contribution in [2.45, 2.75) is 32.5 Å². The summed E-state index contributed by atoms with van der Waals surface area (Å²) >= 11 is 0. The molecule has 0 amide bonds. The smallest absolute Gasteiger partial charge is 0.0656 e. The molecule has 0 nitrogen and oxygen atoms in total. The van der Waals surface area contributed by atoms with Gasteiger partial charge in [-0.05, 0) is 24.0 Å². The quantitative estimate of drug-likeness (QED) is 0.723. The highest BCUT2D eigenvalue weighted by Gasteiger charge is 2.15. The van der Waals surface area contributed by atoms with Gasteiger partial charge in [-0.25, -0.2) is 0 Å². The predicted octanol–water partition coefficient (Wildman–Crippen LogP) is 4.02. The summed E-state index contributed by atoms with van der Waals surface area (Å²) in [6.07, 6.45) is 2.27. The Balaban J connectivity index is 1.99. The summed E-state index contributed by atoms with van der Waals surface area (Å²) in [7, 11) is -1.14. The highest BCUT2D eigenvalue weighted by atomic mass is 28.3. The lowest BCUT2D eigenvalue weighted by Gasteiger charge is -2.16. The van der Waals surface area contributed by atoms with Gasteiger partial charge in [0.2, 0.25) is 0 Å². The Hall–Kier alpha value is -1.34. The second-order valence-electron chi connectivity index (χ2n) is 5.93. The Kier molecular flexibility index (Phi) is 4.03. The minimum absolute atomic E-state index is 1.13. The van der Waals surface area contributed by atoms with E-state index in [1.807, 2.05) is 0 Å². The van der Waals surface area contributed by atoms with E-state index in [0.29, 0.717) is 0 Å². The molecular formula is C17H22Si. The molecule has 0 heterocycles. The first-order valence-electron chi connectivity index (χ1n) is 6.69. The van der Waals surface area contributed by atoms with Gasteiger partial charge in [0.15, 0.2) is 0 Å². The van der Waals surface area contributed by atoms with Gasteiger partial charge in [0.25, 0.3) is 0 Å². The van der Waals surface area contributed by atoms with Crippen LogP contribution in [0.25, 0.3) is 0 Å². The fraction of sp³-hybridized carbons (Fsp3) is 0.294. The molecule has 0 spiro atoms. The molecule has 0 radical (unpaired) electrons. The number of aryl methyl sites for hydroxylation is 2. The van der Waals surface area contributed by atoms with Crippen molar-refractivity contribution in [3.8, 4) is 0 Å². The maximum Gasteiger partial charge on any atom is 0.0775 e. The topological polar surface area (TPSA) is 0 Å². The first-order chi connectivity index (χ1) is 8.55. The van der Waals surface area contributed by atoms with Crippen molar-refractivity contribution in [1.29, 1.82) is 0 Å². The molecule has 0 saturated carbocycles. The molecule has 0 aromatic heterocycles. The van der Waals surface area contributed by atoms with Gasteiger partial charge in [0.1, 0.15) is 0 Å². The molecule has 94 valence electrons. The van der Waals surface area contributed by atoms with Crippen molar-refractivity contribution in [3.05, 3.63) is 65.7 Å². The van der Waals surface area contributed by atoms with Crippen molar-refractivity contribution in [2.75, 3.05) is 0 Å². The van der Waals surface area contributed by atoms with E-state index in [0.717, 1.165) is 12.8 Å². The third-order valence-corrected chi connectivity index (χ3v) is 5.43. The molecule has 0 fully saturated rings. The van der Waals surface area contributed by atoms with Gasteiger partial charge in [0, 0.05) is 0 Å². The van der Waals surface area contributed by atoms with Crippen LogP contribution in [0.2, 0.25) is 19.6 Å². The number of hydrogen-bond acceptors (Lipinski definition) is 0. The highest BCUT2D eigenvalue weighted by Crippen LogP contribution is 2.08. The minimum atomic E-state index is -1.14. The monoisotopic (exact) mass is 254 g/mol. The summed E-state index contributed by atoms with van der Waals surface area (Å²) in [5, 5.41) is 1.55. The van der Waals surface area contributed by atoms with Crippen LogP contribution in [0.15, 0.2) is 54.6 Å². The zero-order valence-corrected chi connectivity index (χ0v) is 12.6. The maximum absolute atomic E-state index is 2.39. The van der Waals surface area contributed by atoms with Gasteiger partial charge < -0.3 is 0 Å². The van der Waals surface area contributed by atoms with Gasteiger partial charge in [-0.1, -0.05) is 79.4 Å². The Morgan fingerprint density at radius 2 is 1.17 bits per heavy atom. The van der Waals surface area contributed by atoms with E-state index < -0.39 is 8.07 Å². The van der Waals surface area contributed by atoms with Crippen LogP contribution in [0, 0.1) is 0 Å². The number of benzene rings is 2. The van der Waals surface area contributed by atoms with E-state index in [4.69, 9.17) is 0 Å². The third kappa shape index (κ3) is 3.57. The Labute approximate surface area is 112 Å². The average Bonchev–Trinajstić information content (AvgIpc) is 2.37. The maximum atomic E-state index is 2.39. The van der Waals surface area contributed by atoms with Crippen molar-refractivity contribution < 1.29 is 0 Å². The summed E-state index contributed by atoms with van der Waals surface area (Å²) < 4.78 is 0. The van der Waals surface area contributed by atoms with Crippen LogP contribution < -0.4 is 5.19 Å². The van der Waals surface area contributed by atoms with Crippen LogP contribution in [0.1, 0.15) is 11.1 Å². The molecule has 0 bridgehead atoms. The molecule has 2 aromatic carbocycles. The lowest BCUT2D eigenvalue weighted by molar-refractivity contribution is 0.961. The second kappa shape index (κ2) is 5.53. The molecule has 2 rings (SSSR count). The molecule has 0 aliphatic rings. The SMILES string of the molecule is C[Si](C)(C)c1ccc(CCc2ccccc2)cc1. The van der Waals surface area contributed by atoms with Crippen molar-refractivity contribution in [1.82, 2.24) is 0 Å². The van der Waals surface area contributed by atoms with Crippen molar-refractivity contribution in [2.24, 2.45) is 0 Å². The van der Waals surface area contributed by atoms with Crippen LogP contribution in [-0.4, -0.2) is 8.07 Å². The number of hydrogen-bond donors (Lipinski definition) is 0. The fourth-order valence-electron chi connectivity index (χ4n) is 2.10. The predicted molar refractivity (Wildman–Crippen MR) is 83.3 cm³/mol. The largest absolute Gasteiger partial charge is 0.0775 e. The van der Waals surface area contributed by atoms with Crippen molar-refractivity contribution >= 4 is 13.3 Å². The number of rotatable bonds is 4. The van der Waals surface area contributed by atoms with Crippen LogP contribution in [0.5, 0.6) is 0 Å². The van der Waals surface area contributed by atoms with Crippen LogP contribution in [0.3, 0.4) is 0 Å². The molecule has 18 heavy (non-hydrogen) atoms. The molecule has 0 aliphatic heterocycles. The summed E-state index contributed by atoms with van der Waals surface area (Å²) in [5.74, 6) is 0. The van der Waals surface area contributed by atoms with E-state index in [9.17, 15) is 0 Å². The van der Waals surface area contributed by atoms with Gasteiger partial charge in [0.05, 0.1) is 8.07 Å². The zero-order valence-electron chi connectivity index (χ0n) is 11.6. The van der Waals surface area contributed by atoms with Gasteiger partial charge in [-0.15, -0.1) is 0 Å². The summed E-state index contributed by atoms with van der Waals surface area (Å²) in [4.78, 5) is 0. The Morgan fingerprint density at radius 3 is 1.67 bits per heavy atom. The standard InChI is InChI=1S/C17H22Si/c1-18(2,3)17-13-11-16(12-14-17)10-9-15-7-5-4-6-8-15/h4-8,11-14H,9-10H2,1-3H3. The van der Waals surface area contributed by atoms with Crippen LogP contribution in [-0.2, 0) is 12.8 Å². The zero-order chi connectivity index (χ0) is 13.0. The van der Waals surface area contributed by atoms with E-state index in [2.05, 4.69) is 74.2 Å². The normalized spacial score (nSPS) is 11.5. The van der Waals surface area contributed by atoms with Crippen molar-refractivity contribution in [3.63, 3.8) is 0 Å². The molecule has 0 aliphatic carbocycles. The fourth-order valence-corrected chi connectivity index (χ4v) is 3.27.